The first-order valence-corrected chi connectivity index (χ1v) is 15.4. The van der Waals surface area contributed by atoms with Crippen LogP contribution >= 0.6 is 0 Å². The summed E-state index contributed by atoms with van der Waals surface area (Å²) in [5.74, 6) is 1.96. The van der Waals surface area contributed by atoms with E-state index in [0.29, 0.717) is 41.6 Å². The van der Waals surface area contributed by atoms with Gasteiger partial charge >= 0.3 is 0 Å². The normalized spacial score (nSPS) is 21.8. The van der Waals surface area contributed by atoms with Crippen molar-refractivity contribution in [1.82, 2.24) is 25.3 Å². The van der Waals surface area contributed by atoms with Crippen molar-refractivity contribution >= 4 is 38.4 Å². The van der Waals surface area contributed by atoms with Crippen LogP contribution in [-0.2, 0) is 27.7 Å². The van der Waals surface area contributed by atoms with Gasteiger partial charge in [-0.1, -0.05) is 0 Å². The molecule has 1 aliphatic carbocycles. The molecule has 3 aliphatic rings. The van der Waals surface area contributed by atoms with Gasteiger partial charge in [-0.05, 0) is 31.7 Å². The van der Waals surface area contributed by atoms with Crippen molar-refractivity contribution in [3.63, 3.8) is 0 Å². The predicted octanol–water partition coefficient (Wildman–Crippen LogP) is 2.08. The molecule has 2 aliphatic heterocycles. The highest BCUT2D eigenvalue weighted by Crippen LogP contribution is 2.33. The summed E-state index contributed by atoms with van der Waals surface area (Å²) in [5.41, 5.74) is 3.38. The lowest BCUT2D eigenvalue weighted by atomic mass is 9.93. The molecule has 3 N–H and O–H groups in total. The summed E-state index contributed by atoms with van der Waals surface area (Å²) >= 11 is 0. The van der Waals surface area contributed by atoms with Crippen LogP contribution in [0.2, 0.25) is 0 Å². The van der Waals surface area contributed by atoms with E-state index in [1.165, 1.54) is 11.8 Å². The van der Waals surface area contributed by atoms with Crippen molar-refractivity contribution in [2.45, 2.75) is 50.8 Å². The lowest BCUT2D eigenvalue weighted by molar-refractivity contribution is 0.122. The fourth-order valence-corrected chi connectivity index (χ4v) is 5.91. The van der Waals surface area contributed by atoms with E-state index in [0.717, 1.165) is 76.1 Å². The first-order chi connectivity index (χ1) is 18.9. The Kier molecular flexibility index (Phi) is 7.36. The second kappa shape index (κ2) is 11.1. The molecule has 0 atom stereocenters. The van der Waals surface area contributed by atoms with E-state index in [2.05, 4.69) is 30.2 Å². The number of aromatic nitrogens is 4. The highest BCUT2D eigenvalue weighted by Gasteiger charge is 2.26. The number of sulfonamides is 1. The Hall–Kier alpha value is -3.29. The topological polar surface area (TPSA) is 143 Å². The van der Waals surface area contributed by atoms with Crippen LogP contribution in [0.25, 0.3) is 10.9 Å². The number of nitrogens with zero attached hydrogens (tertiary/aromatic N) is 5. The van der Waals surface area contributed by atoms with Crippen LogP contribution in [0.4, 0.5) is 17.5 Å². The summed E-state index contributed by atoms with van der Waals surface area (Å²) in [6.45, 7) is 4.54. The fraction of sp³-hybridized carbons (Fsp3) is 0.538. The maximum Gasteiger partial charge on any atom is 0.229 e. The van der Waals surface area contributed by atoms with Crippen LogP contribution in [0.5, 0.6) is 5.88 Å². The molecule has 13 heteroatoms. The van der Waals surface area contributed by atoms with Gasteiger partial charge in [0.05, 0.1) is 48.0 Å². The second-order valence-electron chi connectivity index (χ2n) is 10.4. The Morgan fingerprint density at radius 1 is 1.08 bits per heavy atom. The monoisotopic (exact) mass is 554 g/mol. The van der Waals surface area contributed by atoms with E-state index < -0.39 is 10.0 Å². The Balaban J connectivity index is 1.18. The third-order valence-electron chi connectivity index (χ3n) is 7.36. The van der Waals surface area contributed by atoms with Crippen LogP contribution < -0.4 is 25.0 Å². The highest BCUT2D eigenvalue weighted by molar-refractivity contribution is 7.92. The molecule has 0 radical (unpaired) electrons. The molecule has 0 aromatic carbocycles. The minimum absolute atomic E-state index is 0.0132. The zero-order chi connectivity index (χ0) is 26.8. The Labute approximate surface area is 228 Å². The third kappa shape index (κ3) is 6.31. The number of ether oxygens (including phenoxy) is 2. The molecule has 3 aromatic rings. The quantitative estimate of drug-likeness (QED) is 0.395. The van der Waals surface area contributed by atoms with Crippen LogP contribution in [0.1, 0.15) is 36.9 Å². The largest absolute Gasteiger partial charge is 0.474 e. The van der Waals surface area contributed by atoms with E-state index in [9.17, 15) is 8.42 Å². The number of fused-ring (bicyclic) bond motifs is 2. The molecule has 0 amide bonds. The molecule has 2 fully saturated rings. The maximum absolute atomic E-state index is 11.8. The number of pyridine rings is 2. The molecule has 0 spiro atoms. The smallest absolute Gasteiger partial charge is 0.229 e. The molecule has 1 saturated heterocycles. The number of nitrogens with one attached hydrogen (secondary N) is 3. The summed E-state index contributed by atoms with van der Waals surface area (Å²) in [5, 5.41) is 7.55. The van der Waals surface area contributed by atoms with Crippen molar-refractivity contribution in [1.29, 1.82) is 0 Å². The van der Waals surface area contributed by atoms with Gasteiger partial charge in [0.25, 0.3) is 0 Å². The number of anilines is 3. The molecule has 208 valence electrons. The highest BCUT2D eigenvalue weighted by atomic mass is 32.2. The van der Waals surface area contributed by atoms with Crippen molar-refractivity contribution in [3.05, 3.63) is 35.8 Å². The third-order valence-corrected chi connectivity index (χ3v) is 7.97. The average molecular weight is 555 g/mol. The molecule has 6 rings (SSSR count). The van der Waals surface area contributed by atoms with Crippen LogP contribution in [0.3, 0.4) is 0 Å². The Morgan fingerprint density at radius 2 is 1.90 bits per heavy atom. The van der Waals surface area contributed by atoms with Gasteiger partial charge in [0.15, 0.2) is 0 Å². The summed E-state index contributed by atoms with van der Waals surface area (Å²) in [6, 6.07) is 3.94. The molecule has 3 aromatic heterocycles. The fourth-order valence-electron chi connectivity index (χ4n) is 5.37. The van der Waals surface area contributed by atoms with Crippen LogP contribution in [0, 0.1) is 0 Å². The lowest BCUT2D eigenvalue weighted by Gasteiger charge is -2.31. The summed E-state index contributed by atoms with van der Waals surface area (Å²) < 4.78 is 38.1. The molecular formula is C26H34N8O4S. The number of morpholine rings is 1. The minimum atomic E-state index is -3.44. The van der Waals surface area contributed by atoms with Crippen molar-refractivity contribution in [3.8, 4) is 5.88 Å². The molecule has 39 heavy (non-hydrogen) atoms. The van der Waals surface area contributed by atoms with Gasteiger partial charge in [0, 0.05) is 56.5 Å². The van der Waals surface area contributed by atoms with Gasteiger partial charge in [-0.25, -0.2) is 18.4 Å². The summed E-state index contributed by atoms with van der Waals surface area (Å²) in [4.78, 5) is 20.8. The van der Waals surface area contributed by atoms with Crippen LogP contribution in [-0.4, -0.2) is 79.6 Å². The SMILES string of the molecule is CS(=O)(=O)Nc1cnc2cc(N3CCOCC3)nc(O[C@H]3CC[C@@H](Nc4ncc5c(n4)CCNC5)CC3)c2c1. The standard InChI is InChI=1S/C26H34N8O4S/c1-39(35,36)33-19-12-21-23(28-16-19)13-24(34-8-10-37-11-9-34)32-25(21)38-20-4-2-18(3-5-20)30-26-29-15-17-14-27-7-6-22(17)31-26/h12-13,15-16,18,20,27,33H,2-11,14H2,1H3,(H,29,30,31)/t18-,20+. The molecule has 5 heterocycles. The Bertz CT molecular complexity index is 1440. The van der Waals surface area contributed by atoms with Gasteiger partial charge in [-0.2, -0.15) is 4.98 Å². The van der Waals surface area contributed by atoms with Gasteiger partial charge < -0.3 is 25.0 Å². The van der Waals surface area contributed by atoms with E-state index in [4.69, 9.17) is 19.4 Å². The molecule has 0 bridgehead atoms. The first kappa shape index (κ1) is 26.0. The Morgan fingerprint density at radius 3 is 2.69 bits per heavy atom. The molecular weight excluding hydrogens is 520 g/mol. The second-order valence-corrected chi connectivity index (χ2v) is 12.1. The van der Waals surface area contributed by atoms with Gasteiger partial charge in [0.2, 0.25) is 21.9 Å². The zero-order valence-electron chi connectivity index (χ0n) is 22.0. The van der Waals surface area contributed by atoms with Gasteiger partial charge in [-0.15, -0.1) is 0 Å². The lowest BCUT2D eigenvalue weighted by Crippen LogP contribution is -2.37. The minimum Gasteiger partial charge on any atom is -0.474 e. The number of hydrogen-bond donors (Lipinski definition) is 3. The predicted molar refractivity (Wildman–Crippen MR) is 149 cm³/mol. The average Bonchev–Trinajstić information content (AvgIpc) is 2.94. The van der Waals surface area contributed by atoms with Crippen molar-refractivity contribution in [2.75, 3.05) is 54.0 Å². The molecule has 12 nitrogen and oxygen atoms in total. The van der Waals surface area contributed by atoms with Gasteiger partial charge in [-0.3, -0.25) is 9.71 Å². The summed E-state index contributed by atoms with van der Waals surface area (Å²) in [6.07, 6.45) is 9.02. The first-order valence-electron chi connectivity index (χ1n) is 13.5. The van der Waals surface area contributed by atoms with E-state index in [1.54, 1.807) is 6.07 Å². The molecule has 0 unspecified atom stereocenters. The van der Waals surface area contributed by atoms with E-state index >= 15 is 0 Å². The number of hydrogen-bond acceptors (Lipinski definition) is 11. The van der Waals surface area contributed by atoms with Crippen LogP contribution in [0.15, 0.2) is 24.5 Å². The zero-order valence-corrected chi connectivity index (χ0v) is 22.8. The molecule has 1 saturated carbocycles. The van der Waals surface area contributed by atoms with E-state index in [1.807, 2.05) is 12.3 Å². The summed E-state index contributed by atoms with van der Waals surface area (Å²) in [7, 11) is -3.44. The van der Waals surface area contributed by atoms with Crippen molar-refractivity contribution < 1.29 is 17.9 Å². The van der Waals surface area contributed by atoms with Crippen molar-refractivity contribution in [2.24, 2.45) is 0 Å². The van der Waals surface area contributed by atoms with Gasteiger partial charge in [0.1, 0.15) is 11.9 Å². The van der Waals surface area contributed by atoms with E-state index in [-0.39, 0.29) is 12.1 Å². The number of rotatable bonds is 7. The maximum atomic E-state index is 11.8.